The number of halogens is 3. The molecule has 0 radical (unpaired) electrons. The Kier molecular flexibility index (Phi) is 6.80. The van der Waals surface area contributed by atoms with Crippen LogP contribution in [0.4, 0.5) is 13.2 Å². The van der Waals surface area contributed by atoms with Gasteiger partial charge >= 0.3 is 6.18 Å². The zero-order valence-electron chi connectivity index (χ0n) is 22.3. The topological polar surface area (TPSA) is 40.5 Å². The highest BCUT2D eigenvalue weighted by Gasteiger charge is 2.65. The zero-order valence-corrected chi connectivity index (χ0v) is 22.3. The summed E-state index contributed by atoms with van der Waals surface area (Å²) in [6.07, 6.45) is 4.08. The van der Waals surface area contributed by atoms with Crippen molar-refractivity contribution in [3.8, 4) is 0 Å². The lowest BCUT2D eigenvalue weighted by molar-refractivity contribution is -0.290. The fraction of sp³-hybridized carbons (Fsp3) is 1.00. The Hall–Kier alpha value is -0.290. The molecule has 0 aromatic heterocycles. The van der Waals surface area contributed by atoms with Gasteiger partial charge in [-0.2, -0.15) is 13.2 Å². The molecule has 2 nitrogen and oxygen atoms in total. The third kappa shape index (κ3) is 4.27. The minimum Gasteiger partial charge on any atom is -0.393 e. The van der Waals surface area contributed by atoms with Crippen LogP contribution in [-0.2, 0) is 0 Å². The van der Waals surface area contributed by atoms with E-state index in [-0.39, 0.29) is 35.7 Å². The van der Waals surface area contributed by atoms with E-state index in [1.165, 1.54) is 19.3 Å². The summed E-state index contributed by atoms with van der Waals surface area (Å²) in [5.74, 6) is 3.04. The Balaban J connectivity index is 1.46. The first kappa shape index (κ1) is 26.8. The average molecular weight is 487 g/mol. The van der Waals surface area contributed by atoms with Crippen molar-refractivity contribution in [2.24, 2.45) is 51.8 Å². The lowest BCUT2D eigenvalue weighted by Crippen LogP contribution is -2.59. The van der Waals surface area contributed by atoms with Gasteiger partial charge < -0.3 is 10.2 Å². The van der Waals surface area contributed by atoms with Crippen LogP contribution in [0, 0.1) is 51.8 Å². The van der Waals surface area contributed by atoms with E-state index in [1.807, 2.05) is 0 Å². The van der Waals surface area contributed by atoms with Gasteiger partial charge in [0, 0.05) is 0 Å². The summed E-state index contributed by atoms with van der Waals surface area (Å²) in [6, 6.07) is 0. The average Bonchev–Trinajstić information content (AvgIpc) is 3.08. The highest BCUT2D eigenvalue weighted by molar-refractivity contribution is 5.11. The zero-order chi connectivity index (χ0) is 25.3. The van der Waals surface area contributed by atoms with Crippen molar-refractivity contribution in [1.29, 1.82) is 0 Å². The molecule has 0 heterocycles. The van der Waals surface area contributed by atoms with Gasteiger partial charge in [-0.15, -0.1) is 0 Å². The first-order valence-corrected chi connectivity index (χ1v) is 14.0. The standard InChI is InChI=1S/C29H49F3O2/c1-18(7-12-24(33)25(2,3)4)21-10-11-22-20-9-8-19-17-28(34,29(30,31)32)16-15-26(19,5)23(20)13-14-27(21,22)6/h18-24,33-34H,7-17H2,1-6H3/t18-,19+,20+,21-,22+,23+,24+,26+,27-,28+/m1/s1. The Morgan fingerprint density at radius 2 is 1.50 bits per heavy atom. The van der Waals surface area contributed by atoms with Gasteiger partial charge in [0.25, 0.3) is 0 Å². The molecule has 5 heteroatoms. The molecule has 0 saturated heterocycles. The maximum atomic E-state index is 13.6. The van der Waals surface area contributed by atoms with Crippen molar-refractivity contribution in [2.75, 3.05) is 0 Å². The van der Waals surface area contributed by atoms with Gasteiger partial charge in [0.15, 0.2) is 5.60 Å². The summed E-state index contributed by atoms with van der Waals surface area (Å²) >= 11 is 0. The SMILES string of the molecule is C[C@H](CC[C@H](O)C(C)(C)C)[C@H]1CC[C@H]2[C@@H]3CC[C@H]4C[C@](O)(C(F)(F)F)CC[C@]4(C)[C@H]3CC[C@]12C. The Labute approximate surface area is 205 Å². The summed E-state index contributed by atoms with van der Waals surface area (Å²) in [5.41, 5.74) is -2.31. The number of aliphatic hydroxyl groups excluding tert-OH is 1. The Morgan fingerprint density at radius 3 is 2.12 bits per heavy atom. The van der Waals surface area contributed by atoms with Gasteiger partial charge in [-0.05, 0) is 122 Å². The molecule has 0 spiro atoms. The number of aliphatic hydroxyl groups is 2. The maximum absolute atomic E-state index is 13.6. The number of rotatable bonds is 4. The van der Waals surface area contributed by atoms with Gasteiger partial charge in [-0.3, -0.25) is 0 Å². The van der Waals surface area contributed by atoms with Crippen LogP contribution in [0.1, 0.15) is 112 Å². The van der Waals surface area contributed by atoms with Crippen molar-refractivity contribution >= 4 is 0 Å². The largest absolute Gasteiger partial charge is 0.417 e. The van der Waals surface area contributed by atoms with E-state index in [0.717, 1.165) is 32.1 Å². The molecule has 0 bridgehead atoms. The van der Waals surface area contributed by atoms with Crippen molar-refractivity contribution in [3.05, 3.63) is 0 Å². The molecule has 198 valence electrons. The van der Waals surface area contributed by atoms with Gasteiger partial charge in [0.2, 0.25) is 0 Å². The molecule has 10 atom stereocenters. The summed E-state index contributed by atoms with van der Waals surface area (Å²) in [7, 11) is 0. The smallest absolute Gasteiger partial charge is 0.393 e. The van der Waals surface area contributed by atoms with Crippen LogP contribution < -0.4 is 0 Å². The number of alkyl halides is 3. The minimum atomic E-state index is -4.52. The van der Waals surface area contributed by atoms with Crippen LogP contribution in [0.3, 0.4) is 0 Å². The molecule has 4 aliphatic carbocycles. The maximum Gasteiger partial charge on any atom is 0.417 e. The Bertz CT molecular complexity index is 745. The van der Waals surface area contributed by atoms with Gasteiger partial charge in [0.1, 0.15) is 0 Å². The van der Waals surface area contributed by atoms with Gasteiger partial charge in [-0.25, -0.2) is 0 Å². The molecule has 4 saturated carbocycles. The lowest BCUT2D eigenvalue weighted by atomic mass is 9.43. The van der Waals surface area contributed by atoms with Crippen LogP contribution >= 0.6 is 0 Å². The molecular formula is C29H49F3O2. The minimum absolute atomic E-state index is 0.0199. The van der Waals surface area contributed by atoms with E-state index in [9.17, 15) is 23.4 Å². The molecule has 4 aliphatic rings. The third-order valence-corrected chi connectivity index (χ3v) is 11.9. The van der Waals surface area contributed by atoms with E-state index in [1.54, 1.807) is 0 Å². The molecule has 0 unspecified atom stereocenters. The van der Waals surface area contributed by atoms with E-state index in [4.69, 9.17) is 0 Å². The van der Waals surface area contributed by atoms with Crippen LogP contribution in [0.5, 0.6) is 0 Å². The van der Waals surface area contributed by atoms with E-state index in [0.29, 0.717) is 41.4 Å². The van der Waals surface area contributed by atoms with Gasteiger partial charge in [-0.1, -0.05) is 41.5 Å². The van der Waals surface area contributed by atoms with E-state index < -0.39 is 11.8 Å². The molecule has 2 N–H and O–H groups in total. The molecular weight excluding hydrogens is 437 g/mol. The van der Waals surface area contributed by atoms with Crippen LogP contribution in [0.2, 0.25) is 0 Å². The van der Waals surface area contributed by atoms with E-state index >= 15 is 0 Å². The predicted octanol–water partition coefficient (Wildman–Crippen LogP) is 7.76. The molecule has 0 aliphatic heterocycles. The summed E-state index contributed by atoms with van der Waals surface area (Å²) in [6.45, 7) is 13.5. The predicted molar refractivity (Wildman–Crippen MR) is 130 cm³/mol. The highest BCUT2D eigenvalue weighted by Crippen LogP contribution is 2.69. The van der Waals surface area contributed by atoms with E-state index in [2.05, 4.69) is 41.5 Å². The highest BCUT2D eigenvalue weighted by atomic mass is 19.4. The molecule has 34 heavy (non-hydrogen) atoms. The molecule has 4 rings (SSSR count). The van der Waals surface area contributed by atoms with Crippen molar-refractivity contribution in [1.82, 2.24) is 0 Å². The van der Waals surface area contributed by atoms with Crippen LogP contribution in [0.15, 0.2) is 0 Å². The monoisotopic (exact) mass is 486 g/mol. The third-order valence-electron chi connectivity index (χ3n) is 11.9. The molecule has 0 amide bonds. The lowest BCUT2D eigenvalue weighted by Gasteiger charge is -2.62. The fourth-order valence-electron chi connectivity index (χ4n) is 9.53. The van der Waals surface area contributed by atoms with Crippen molar-refractivity contribution < 1.29 is 23.4 Å². The normalized spacial score (nSPS) is 46.9. The second-order valence-electron chi connectivity index (χ2n) is 14.6. The van der Waals surface area contributed by atoms with Crippen molar-refractivity contribution in [3.63, 3.8) is 0 Å². The number of fused-ring (bicyclic) bond motifs is 5. The second-order valence-corrected chi connectivity index (χ2v) is 14.6. The first-order chi connectivity index (χ1) is 15.5. The van der Waals surface area contributed by atoms with Crippen LogP contribution in [-0.4, -0.2) is 28.1 Å². The summed E-state index contributed by atoms with van der Waals surface area (Å²) in [5, 5.41) is 21.0. The number of hydrogen-bond donors (Lipinski definition) is 2. The van der Waals surface area contributed by atoms with Crippen molar-refractivity contribution in [2.45, 2.75) is 130 Å². The Morgan fingerprint density at radius 1 is 0.853 bits per heavy atom. The first-order valence-electron chi connectivity index (χ1n) is 14.0. The number of hydrogen-bond acceptors (Lipinski definition) is 2. The molecule has 4 fully saturated rings. The quantitative estimate of drug-likeness (QED) is 0.426. The van der Waals surface area contributed by atoms with Crippen LogP contribution in [0.25, 0.3) is 0 Å². The fourth-order valence-corrected chi connectivity index (χ4v) is 9.53. The molecule has 0 aromatic carbocycles. The second kappa shape index (κ2) is 8.64. The van der Waals surface area contributed by atoms with Gasteiger partial charge in [0.05, 0.1) is 6.10 Å². The summed E-state index contributed by atoms with van der Waals surface area (Å²) in [4.78, 5) is 0. The molecule has 0 aromatic rings. The summed E-state index contributed by atoms with van der Waals surface area (Å²) < 4.78 is 40.8.